The Morgan fingerprint density at radius 2 is 1.64 bits per heavy atom. The zero-order valence-corrected chi connectivity index (χ0v) is 16.0. The Morgan fingerprint density at radius 3 is 1.91 bits per heavy atom. The summed E-state index contributed by atoms with van der Waals surface area (Å²) in [6, 6.07) is 0. The van der Waals surface area contributed by atoms with Crippen molar-refractivity contribution in [2.24, 2.45) is 11.7 Å². The maximum atomic E-state index is 10.2. The average molecular weight is 310 g/mol. The van der Waals surface area contributed by atoms with Gasteiger partial charge in [-0.05, 0) is 50.2 Å². The number of carbonyl (C=O) groups excluding carboxylic acids is 1. The molecule has 0 aromatic carbocycles. The monoisotopic (exact) mass is 309 g/mol. The largest absolute Gasteiger partial charge is 0.369 e. The molecule has 0 spiro atoms. The zero-order chi connectivity index (χ0) is 18.0. The van der Waals surface area contributed by atoms with Gasteiger partial charge in [-0.25, -0.2) is 0 Å². The average Bonchev–Trinajstić information content (AvgIpc) is 2.59. The lowest BCUT2D eigenvalue weighted by Gasteiger charge is -2.16. The van der Waals surface area contributed by atoms with Gasteiger partial charge in [0.1, 0.15) is 0 Å². The third-order valence-electron chi connectivity index (χ3n) is 3.32. The number of nitrogens with two attached hydrogens (primary N) is 1. The molecule has 1 amide bonds. The summed E-state index contributed by atoms with van der Waals surface area (Å²) in [6.45, 7) is 17.6. The van der Waals surface area contributed by atoms with Crippen LogP contribution < -0.4 is 5.73 Å². The van der Waals surface area contributed by atoms with Crippen LogP contribution in [0.5, 0.6) is 0 Å². The van der Waals surface area contributed by atoms with Gasteiger partial charge >= 0.3 is 0 Å². The molecule has 0 aromatic rings. The van der Waals surface area contributed by atoms with Crippen LogP contribution >= 0.6 is 0 Å². The molecule has 1 saturated carbocycles. The minimum atomic E-state index is -0.206. The van der Waals surface area contributed by atoms with Crippen molar-refractivity contribution in [1.82, 2.24) is 0 Å². The Kier molecular flexibility index (Phi) is 22.9. The highest BCUT2D eigenvalue weighted by molar-refractivity contribution is 5.76. The molecular formula is C20H39NO. The molecule has 0 saturated heterocycles. The Morgan fingerprint density at radius 1 is 1.18 bits per heavy atom. The van der Waals surface area contributed by atoms with E-state index in [4.69, 9.17) is 5.73 Å². The quantitative estimate of drug-likeness (QED) is 0.663. The summed E-state index contributed by atoms with van der Waals surface area (Å²) >= 11 is 0. The Hall–Kier alpha value is -1.31. The second-order valence-corrected chi connectivity index (χ2v) is 4.66. The molecule has 0 bridgehead atoms. The van der Waals surface area contributed by atoms with Crippen LogP contribution in [0.3, 0.4) is 0 Å². The van der Waals surface area contributed by atoms with E-state index in [1.807, 2.05) is 47.6 Å². The normalized spacial score (nSPS) is 17.8. The van der Waals surface area contributed by atoms with Gasteiger partial charge in [-0.1, -0.05) is 66.3 Å². The molecule has 22 heavy (non-hydrogen) atoms. The van der Waals surface area contributed by atoms with Gasteiger partial charge < -0.3 is 5.73 Å². The van der Waals surface area contributed by atoms with Crippen molar-refractivity contribution in [3.63, 3.8) is 0 Å². The first kappa shape index (κ1) is 25.6. The van der Waals surface area contributed by atoms with Crippen LogP contribution in [0.4, 0.5) is 0 Å². The fourth-order valence-electron chi connectivity index (χ4n) is 1.82. The van der Waals surface area contributed by atoms with E-state index in [1.165, 1.54) is 36.8 Å². The second-order valence-electron chi connectivity index (χ2n) is 4.66. The Bertz CT molecular complexity index is 327. The first-order valence-electron chi connectivity index (χ1n) is 8.83. The summed E-state index contributed by atoms with van der Waals surface area (Å²) in [5.41, 5.74) is 7.93. The van der Waals surface area contributed by atoms with E-state index in [0.29, 0.717) is 0 Å². The van der Waals surface area contributed by atoms with Crippen LogP contribution in [-0.4, -0.2) is 5.91 Å². The molecule has 2 nitrogen and oxygen atoms in total. The number of primary amides is 1. The highest BCUT2D eigenvalue weighted by Crippen LogP contribution is 2.28. The predicted molar refractivity (Wildman–Crippen MR) is 102 cm³/mol. The van der Waals surface area contributed by atoms with Crippen LogP contribution in [0.25, 0.3) is 0 Å². The van der Waals surface area contributed by atoms with E-state index in [-0.39, 0.29) is 11.8 Å². The predicted octanol–water partition coefficient (Wildman–Crippen LogP) is 6.19. The number of hydrogen-bond acceptors (Lipinski definition) is 1. The highest BCUT2D eigenvalue weighted by atomic mass is 16.1. The van der Waals surface area contributed by atoms with Gasteiger partial charge in [-0.15, -0.1) is 0 Å². The van der Waals surface area contributed by atoms with Crippen molar-refractivity contribution in [2.75, 3.05) is 0 Å². The molecule has 0 aromatic heterocycles. The van der Waals surface area contributed by atoms with E-state index >= 15 is 0 Å². The summed E-state index contributed by atoms with van der Waals surface area (Å²) < 4.78 is 0. The van der Waals surface area contributed by atoms with Crippen LogP contribution in [0.15, 0.2) is 36.0 Å². The summed E-state index contributed by atoms with van der Waals surface area (Å²) in [6.07, 6.45) is 12.3. The number of amides is 1. The first-order valence-corrected chi connectivity index (χ1v) is 8.83. The van der Waals surface area contributed by atoms with Crippen molar-refractivity contribution < 1.29 is 4.79 Å². The fraction of sp³-hybridized carbons (Fsp3) is 0.650. The molecule has 1 aliphatic carbocycles. The number of rotatable bonds is 3. The zero-order valence-electron chi connectivity index (χ0n) is 16.0. The third-order valence-corrected chi connectivity index (χ3v) is 3.32. The van der Waals surface area contributed by atoms with E-state index in [1.54, 1.807) is 0 Å². The number of allylic oxidation sites excluding steroid dienone is 5. The Balaban J connectivity index is -0.000000285. The van der Waals surface area contributed by atoms with Gasteiger partial charge in [-0.3, -0.25) is 4.79 Å². The van der Waals surface area contributed by atoms with Crippen LogP contribution in [-0.2, 0) is 4.79 Å². The fourth-order valence-corrected chi connectivity index (χ4v) is 1.82. The van der Waals surface area contributed by atoms with Gasteiger partial charge in [0.05, 0.1) is 0 Å². The highest BCUT2D eigenvalue weighted by Gasteiger charge is 2.08. The standard InChI is InChI=1S/C11H16.C5H11NO.2C2H6/c1-3-7-11-9-6-5-8-10(11)4-2;1-3-4(2)5(6)7;2*1-2/h3-4,7H,1,5-6,8-9H2,2H3;4H,3H2,1-2H3,(H2,6,7);2*1-2H3/b10-4-,11-7-;;;. The first-order chi connectivity index (χ1) is 10.6. The van der Waals surface area contributed by atoms with Crippen molar-refractivity contribution in [1.29, 1.82) is 0 Å². The molecule has 0 aliphatic heterocycles. The maximum Gasteiger partial charge on any atom is 0.220 e. The van der Waals surface area contributed by atoms with E-state index < -0.39 is 0 Å². The molecule has 1 rings (SSSR count). The third kappa shape index (κ3) is 13.7. The molecule has 0 heterocycles. The number of carbonyl (C=O) groups is 1. The van der Waals surface area contributed by atoms with E-state index in [9.17, 15) is 4.79 Å². The van der Waals surface area contributed by atoms with Gasteiger partial charge in [0.2, 0.25) is 5.91 Å². The topological polar surface area (TPSA) is 43.1 Å². The summed E-state index contributed by atoms with van der Waals surface area (Å²) in [7, 11) is 0. The number of hydrogen-bond donors (Lipinski definition) is 1. The van der Waals surface area contributed by atoms with Crippen molar-refractivity contribution in [2.45, 2.75) is 80.6 Å². The lowest BCUT2D eigenvalue weighted by Crippen LogP contribution is -2.19. The van der Waals surface area contributed by atoms with Gasteiger partial charge in [0.15, 0.2) is 0 Å². The SMILES string of the molecule is C=C/C=C1/CCCC/C1=C/C.CC.CC.CCC(C)C(N)=O. The molecule has 1 atom stereocenters. The van der Waals surface area contributed by atoms with E-state index in [0.717, 1.165) is 6.42 Å². The molecule has 130 valence electrons. The lowest BCUT2D eigenvalue weighted by molar-refractivity contribution is -0.121. The van der Waals surface area contributed by atoms with Crippen LogP contribution in [0, 0.1) is 5.92 Å². The van der Waals surface area contributed by atoms with Gasteiger partial charge in [0.25, 0.3) is 0 Å². The molecule has 1 aliphatic rings. The Labute approximate surface area is 139 Å². The molecule has 1 unspecified atom stereocenters. The molecule has 0 radical (unpaired) electrons. The summed E-state index contributed by atoms with van der Waals surface area (Å²) in [5, 5.41) is 0. The van der Waals surface area contributed by atoms with Gasteiger partial charge in [0, 0.05) is 5.92 Å². The minimum absolute atomic E-state index is 0.0417. The summed E-state index contributed by atoms with van der Waals surface area (Å²) in [5.74, 6) is -0.164. The lowest BCUT2D eigenvalue weighted by atomic mass is 9.89. The second kappa shape index (κ2) is 19.7. The van der Waals surface area contributed by atoms with Crippen LogP contribution in [0.2, 0.25) is 0 Å². The van der Waals surface area contributed by atoms with Crippen molar-refractivity contribution >= 4 is 5.91 Å². The smallest absolute Gasteiger partial charge is 0.220 e. The molecular weight excluding hydrogens is 270 g/mol. The summed E-state index contributed by atoms with van der Waals surface area (Å²) in [4.78, 5) is 10.2. The maximum absolute atomic E-state index is 10.2. The van der Waals surface area contributed by atoms with Crippen molar-refractivity contribution in [3.8, 4) is 0 Å². The molecule has 1 fully saturated rings. The van der Waals surface area contributed by atoms with E-state index in [2.05, 4.69) is 25.7 Å². The van der Waals surface area contributed by atoms with Crippen molar-refractivity contribution in [3.05, 3.63) is 36.0 Å². The molecule has 2 heteroatoms. The van der Waals surface area contributed by atoms with Crippen LogP contribution in [0.1, 0.15) is 80.6 Å². The van der Waals surface area contributed by atoms with Gasteiger partial charge in [-0.2, -0.15) is 0 Å². The molecule has 2 N–H and O–H groups in total. The minimum Gasteiger partial charge on any atom is -0.369 e.